The molecular formula is C16H19NO4. The van der Waals surface area contributed by atoms with Gasteiger partial charge in [0.2, 0.25) is 0 Å². The molecule has 2 aliphatic heterocycles. The van der Waals surface area contributed by atoms with E-state index in [0.29, 0.717) is 19.4 Å². The third-order valence-electron chi connectivity index (χ3n) is 4.45. The highest BCUT2D eigenvalue weighted by atomic mass is 16.5. The van der Waals surface area contributed by atoms with Gasteiger partial charge in [0.15, 0.2) is 6.10 Å². The Morgan fingerprint density at radius 2 is 2.00 bits per heavy atom. The van der Waals surface area contributed by atoms with Crippen molar-refractivity contribution in [1.82, 2.24) is 4.90 Å². The first-order valence-corrected chi connectivity index (χ1v) is 7.27. The number of ether oxygens (including phenoxy) is 1. The second-order valence-electron chi connectivity index (χ2n) is 5.88. The van der Waals surface area contributed by atoms with Crippen molar-refractivity contribution in [3.63, 3.8) is 0 Å². The second-order valence-corrected chi connectivity index (χ2v) is 5.88. The molecule has 0 unspecified atom stereocenters. The fourth-order valence-electron chi connectivity index (χ4n) is 3.12. The molecule has 1 aromatic carbocycles. The SMILES string of the molecule is Cc1cc2c(cc1C)O[C@H](C(=O)N1CCC[C@H]1C(=O)O)C2. The molecule has 0 spiro atoms. The first-order valence-electron chi connectivity index (χ1n) is 7.27. The Labute approximate surface area is 123 Å². The molecule has 0 radical (unpaired) electrons. The number of carbonyl (C=O) groups is 2. The van der Waals surface area contributed by atoms with Gasteiger partial charge in [0.25, 0.3) is 5.91 Å². The van der Waals surface area contributed by atoms with Gasteiger partial charge in [0.1, 0.15) is 11.8 Å². The predicted molar refractivity (Wildman–Crippen MR) is 76.4 cm³/mol. The van der Waals surface area contributed by atoms with E-state index in [2.05, 4.69) is 6.07 Å². The number of amides is 1. The minimum absolute atomic E-state index is 0.202. The van der Waals surface area contributed by atoms with Crippen LogP contribution in [-0.4, -0.2) is 40.6 Å². The number of likely N-dealkylation sites (tertiary alicyclic amines) is 1. The van der Waals surface area contributed by atoms with Crippen molar-refractivity contribution in [3.8, 4) is 5.75 Å². The van der Waals surface area contributed by atoms with Crippen LogP contribution < -0.4 is 4.74 Å². The molecule has 2 atom stereocenters. The summed E-state index contributed by atoms with van der Waals surface area (Å²) in [4.78, 5) is 25.2. The standard InChI is InChI=1S/C16H19NO4/c1-9-6-11-8-14(21-13(11)7-10(9)2)15(18)17-5-3-4-12(17)16(19)20/h6-7,12,14H,3-5,8H2,1-2H3,(H,19,20)/t12-,14-/m0/s1. The molecule has 0 aliphatic carbocycles. The van der Waals surface area contributed by atoms with Crippen LogP contribution in [0.1, 0.15) is 29.5 Å². The van der Waals surface area contributed by atoms with Gasteiger partial charge < -0.3 is 14.7 Å². The zero-order chi connectivity index (χ0) is 15.1. The van der Waals surface area contributed by atoms with Crippen molar-refractivity contribution in [2.24, 2.45) is 0 Å². The molecule has 1 aromatic rings. The Balaban J connectivity index is 1.78. The van der Waals surface area contributed by atoms with Gasteiger partial charge in [-0.25, -0.2) is 4.79 Å². The maximum Gasteiger partial charge on any atom is 0.326 e. The van der Waals surface area contributed by atoms with Gasteiger partial charge in [-0.2, -0.15) is 0 Å². The van der Waals surface area contributed by atoms with Crippen molar-refractivity contribution < 1.29 is 19.4 Å². The van der Waals surface area contributed by atoms with Gasteiger partial charge in [0.05, 0.1) is 0 Å². The summed E-state index contributed by atoms with van der Waals surface area (Å²) in [5.41, 5.74) is 3.34. The molecule has 3 rings (SSSR count). The molecule has 5 nitrogen and oxygen atoms in total. The van der Waals surface area contributed by atoms with E-state index in [1.165, 1.54) is 10.5 Å². The number of aliphatic carboxylic acids is 1. The van der Waals surface area contributed by atoms with Crippen LogP contribution in [0.2, 0.25) is 0 Å². The highest BCUT2D eigenvalue weighted by molar-refractivity contribution is 5.88. The van der Waals surface area contributed by atoms with Crippen molar-refractivity contribution >= 4 is 11.9 Å². The third-order valence-corrected chi connectivity index (χ3v) is 4.45. The molecule has 1 amide bonds. The van der Waals surface area contributed by atoms with Gasteiger partial charge in [-0.1, -0.05) is 6.07 Å². The minimum atomic E-state index is -0.928. The van der Waals surface area contributed by atoms with E-state index < -0.39 is 18.1 Å². The summed E-state index contributed by atoms with van der Waals surface area (Å²) in [6.45, 7) is 4.55. The molecule has 5 heteroatoms. The van der Waals surface area contributed by atoms with Crippen LogP contribution in [0.5, 0.6) is 5.75 Å². The Hall–Kier alpha value is -2.04. The van der Waals surface area contributed by atoms with E-state index in [4.69, 9.17) is 4.74 Å². The Bertz CT molecular complexity index is 580. The number of aryl methyl sites for hydroxylation is 2. The van der Waals surface area contributed by atoms with Crippen molar-refractivity contribution in [3.05, 3.63) is 28.8 Å². The van der Waals surface area contributed by atoms with Gasteiger partial charge in [-0.05, 0) is 49.4 Å². The maximum atomic E-state index is 12.5. The number of hydrogen-bond acceptors (Lipinski definition) is 3. The molecule has 2 heterocycles. The number of benzene rings is 1. The largest absolute Gasteiger partial charge is 0.480 e. The van der Waals surface area contributed by atoms with Gasteiger partial charge in [-0.3, -0.25) is 4.79 Å². The van der Waals surface area contributed by atoms with Crippen molar-refractivity contribution in [2.45, 2.75) is 45.3 Å². The molecule has 21 heavy (non-hydrogen) atoms. The van der Waals surface area contributed by atoms with Crippen molar-refractivity contribution in [1.29, 1.82) is 0 Å². The van der Waals surface area contributed by atoms with Crippen LogP contribution in [0.4, 0.5) is 0 Å². The monoisotopic (exact) mass is 289 g/mol. The van der Waals surface area contributed by atoms with E-state index in [-0.39, 0.29) is 5.91 Å². The van der Waals surface area contributed by atoms with E-state index in [1.54, 1.807) is 0 Å². The summed E-state index contributed by atoms with van der Waals surface area (Å²) < 4.78 is 5.76. The van der Waals surface area contributed by atoms with Crippen LogP contribution in [0.15, 0.2) is 12.1 Å². The molecule has 0 bridgehead atoms. The fraction of sp³-hybridized carbons (Fsp3) is 0.500. The lowest BCUT2D eigenvalue weighted by molar-refractivity contribution is -0.150. The van der Waals surface area contributed by atoms with Gasteiger partial charge in [-0.15, -0.1) is 0 Å². The highest BCUT2D eigenvalue weighted by Gasteiger charge is 2.40. The van der Waals surface area contributed by atoms with E-state index in [9.17, 15) is 14.7 Å². The molecule has 1 N–H and O–H groups in total. The Kier molecular flexibility index (Phi) is 3.35. The molecule has 2 aliphatic rings. The second kappa shape index (κ2) is 5.06. The topological polar surface area (TPSA) is 66.8 Å². The molecule has 112 valence electrons. The lowest BCUT2D eigenvalue weighted by atomic mass is 10.0. The molecule has 0 saturated carbocycles. The lowest BCUT2D eigenvalue weighted by Gasteiger charge is -2.24. The van der Waals surface area contributed by atoms with Gasteiger partial charge >= 0.3 is 5.97 Å². The lowest BCUT2D eigenvalue weighted by Crippen LogP contribution is -2.46. The summed E-state index contributed by atoms with van der Waals surface area (Å²) in [5.74, 6) is -0.378. The number of fused-ring (bicyclic) bond motifs is 1. The number of carboxylic acids is 1. The number of carboxylic acid groups (broad SMARTS) is 1. The molecule has 1 fully saturated rings. The quantitative estimate of drug-likeness (QED) is 0.899. The Morgan fingerprint density at radius 3 is 2.71 bits per heavy atom. The van der Waals surface area contributed by atoms with Crippen LogP contribution in [-0.2, 0) is 16.0 Å². The van der Waals surface area contributed by atoms with Crippen LogP contribution in [0.25, 0.3) is 0 Å². The average Bonchev–Trinajstić information content (AvgIpc) is 3.04. The third kappa shape index (κ3) is 2.37. The first kappa shape index (κ1) is 13.9. The van der Waals surface area contributed by atoms with Crippen LogP contribution in [0.3, 0.4) is 0 Å². The molecule has 1 saturated heterocycles. The van der Waals surface area contributed by atoms with Crippen LogP contribution >= 0.6 is 0 Å². The summed E-state index contributed by atoms with van der Waals surface area (Å²) in [6.07, 6.45) is 1.21. The van der Waals surface area contributed by atoms with Crippen molar-refractivity contribution in [2.75, 3.05) is 6.54 Å². The van der Waals surface area contributed by atoms with Crippen LogP contribution in [0, 0.1) is 13.8 Å². The zero-order valence-corrected chi connectivity index (χ0v) is 12.3. The summed E-state index contributed by atoms with van der Waals surface area (Å²) in [6, 6.07) is 3.31. The fourth-order valence-corrected chi connectivity index (χ4v) is 3.12. The van der Waals surface area contributed by atoms with Gasteiger partial charge in [0, 0.05) is 13.0 Å². The maximum absolute atomic E-state index is 12.5. The summed E-state index contributed by atoms with van der Waals surface area (Å²) >= 11 is 0. The number of carbonyl (C=O) groups excluding carboxylic acids is 1. The minimum Gasteiger partial charge on any atom is -0.480 e. The highest BCUT2D eigenvalue weighted by Crippen LogP contribution is 2.33. The molecule has 0 aromatic heterocycles. The van der Waals surface area contributed by atoms with E-state index in [0.717, 1.165) is 23.3 Å². The number of nitrogens with zero attached hydrogens (tertiary/aromatic N) is 1. The predicted octanol–water partition coefficient (Wildman–Crippen LogP) is 1.68. The smallest absolute Gasteiger partial charge is 0.326 e. The first-order chi connectivity index (χ1) is 9.97. The van der Waals surface area contributed by atoms with E-state index >= 15 is 0 Å². The average molecular weight is 289 g/mol. The summed E-state index contributed by atoms with van der Waals surface area (Å²) in [7, 11) is 0. The summed E-state index contributed by atoms with van der Waals surface area (Å²) in [5, 5.41) is 9.19. The zero-order valence-electron chi connectivity index (χ0n) is 12.3. The molecular weight excluding hydrogens is 270 g/mol. The number of rotatable bonds is 2. The number of hydrogen-bond donors (Lipinski definition) is 1. The van der Waals surface area contributed by atoms with E-state index in [1.807, 2.05) is 19.9 Å². The normalized spacial score (nSPS) is 23.8. The Morgan fingerprint density at radius 1 is 1.29 bits per heavy atom.